The molecule has 0 aliphatic carbocycles. The Morgan fingerprint density at radius 2 is 2.35 bits per heavy atom. The standard InChI is InChI=1S/C10H12BrN3S3/c1-14(4-6-3-7(11)16-5-6)10-8(15-2)9(12)13-17-10/h3,5H,4H2,1-2H3,(H2,12,13). The Kier molecular flexibility index (Phi) is 4.35. The Morgan fingerprint density at radius 1 is 1.59 bits per heavy atom. The van der Waals surface area contributed by atoms with Crippen LogP contribution in [0, 0.1) is 0 Å². The van der Waals surface area contributed by atoms with Gasteiger partial charge in [0.1, 0.15) is 5.00 Å². The van der Waals surface area contributed by atoms with Gasteiger partial charge in [0.05, 0.1) is 8.68 Å². The zero-order valence-electron chi connectivity index (χ0n) is 9.44. The number of nitrogens with two attached hydrogens (primary N) is 1. The topological polar surface area (TPSA) is 42.1 Å². The highest BCUT2D eigenvalue weighted by Gasteiger charge is 2.14. The van der Waals surface area contributed by atoms with Crippen molar-refractivity contribution < 1.29 is 0 Å². The number of hydrogen-bond donors (Lipinski definition) is 1. The van der Waals surface area contributed by atoms with E-state index in [0.717, 1.165) is 20.2 Å². The van der Waals surface area contributed by atoms with Crippen molar-refractivity contribution in [1.29, 1.82) is 0 Å². The first kappa shape index (κ1) is 13.2. The number of nitrogens with zero attached hydrogens (tertiary/aromatic N) is 2. The van der Waals surface area contributed by atoms with Crippen LogP contribution in [0.15, 0.2) is 20.1 Å². The number of halogens is 1. The van der Waals surface area contributed by atoms with Gasteiger partial charge in [-0.2, -0.15) is 4.37 Å². The van der Waals surface area contributed by atoms with Crippen LogP contribution >= 0.6 is 50.6 Å². The van der Waals surface area contributed by atoms with E-state index in [4.69, 9.17) is 5.73 Å². The van der Waals surface area contributed by atoms with Crippen LogP contribution in [0.5, 0.6) is 0 Å². The molecule has 0 aromatic carbocycles. The summed E-state index contributed by atoms with van der Waals surface area (Å²) in [6, 6.07) is 2.14. The molecule has 0 aliphatic heterocycles. The van der Waals surface area contributed by atoms with Gasteiger partial charge >= 0.3 is 0 Å². The molecule has 2 aromatic rings. The van der Waals surface area contributed by atoms with Crippen molar-refractivity contribution in [3.8, 4) is 0 Å². The predicted molar refractivity (Wildman–Crippen MR) is 82.4 cm³/mol. The molecule has 0 saturated carbocycles. The number of thioether (sulfide) groups is 1. The minimum Gasteiger partial charge on any atom is -0.382 e. The third-order valence-electron chi connectivity index (χ3n) is 2.25. The summed E-state index contributed by atoms with van der Waals surface area (Å²) < 4.78 is 5.37. The van der Waals surface area contributed by atoms with Gasteiger partial charge in [-0.1, -0.05) is 0 Å². The van der Waals surface area contributed by atoms with Gasteiger partial charge in [-0.25, -0.2) is 0 Å². The molecule has 0 atom stereocenters. The van der Waals surface area contributed by atoms with Crippen molar-refractivity contribution in [2.24, 2.45) is 0 Å². The van der Waals surface area contributed by atoms with Crippen LogP contribution in [-0.2, 0) is 6.54 Å². The minimum absolute atomic E-state index is 0.635. The van der Waals surface area contributed by atoms with Gasteiger partial charge < -0.3 is 10.6 Å². The third kappa shape index (κ3) is 2.96. The number of nitrogen functional groups attached to an aromatic ring is 1. The third-order valence-corrected chi connectivity index (χ3v) is 5.72. The van der Waals surface area contributed by atoms with E-state index < -0.39 is 0 Å². The molecule has 0 spiro atoms. The van der Waals surface area contributed by atoms with Gasteiger partial charge in [0.15, 0.2) is 5.82 Å². The number of hydrogen-bond acceptors (Lipinski definition) is 6. The molecule has 0 aliphatic rings. The molecule has 2 rings (SSSR count). The molecule has 2 aromatic heterocycles. The lowest BCUT2D eigenvalue weighted by molar-refractivity contribution is 0.929. The summed E-state index contributed by atoms with van der Waals surface area (Å²) in [4.78, 5) is 3.26. The van der Waals surface area contributed by atoms with E-state index in [0.29, 0.717) is 5.82 Å². The van der Waals surface area contributed by atoms with Crippen molar-refractivity contribution in [3.05, 3.63) is 20.8 Å². The van der Waals surface area contributed by atoms with Crippen molar-refractivity contribution in [3.63, 3.8) is 0 Å². The van der Waals surface area contributed by atoms with E-state index in [1.54, 1.807) is 23.1 Å². The Hall–Kier alpha value is -0.240. The molecule has 0 saturated heterocycles. The second kappa shape index (κ2) is 5.60. The normalized spacial score (nSPS) is 10.8. The predicted octanol–water partition coefficient (Wildman–Crippen LogP) is 3.91. The highest BCUT2D eigenvalue weighted by molar-refractivity contribution is 9.11. The maximum atomic E-state index is 5.83. The monoisotopic (exact) mass is 349 g/mol. The first-order valence-corrected chi connectivity index (χ1v) is 8.52. The molecule has 7 heteroatoms. The molecule has 2 N–H and O–H groups in total. The molecule has 0 bridgehead atoms. The molecule has 0 unspecified atom stereocenters. The summed E-state index contributed by atoms with van der Waals surface area (Å²) in [5.74, 6) is 0.635. The van der Waals surface area contributed by atoms with Crippen molar-refractivity contribution in [2.75, 3.05) is 23.9 Å². The molecule has 2 heterocycles. The van der Waals surface area contributed by atoms with E-state index in [1.807, 2.05) is 6.26 Å². The molecule has 0 amide bonds. The molecule has 3 nitrogen and oxygen atoms in total. The quantitative estimate of drug-likeness (QED) is 0.849. The number of thiophene rings is 1. The maximum absolute atomic E-state index is 5.83. The second-order valence-corrected chi connectivity index (χ2v) is 7.38. The first-order chi connectivity index (χ1) is 8.11. The van der Waals surface area contributed by atoms with Gasteiger partial charge in [-0.15, -0.1) is 23.1 Å². The molecular formula is C10H12BrN3S3. The van der Waals surface area contributed by atoms with Crippen molar-refractivity contribution >= 4 is 61.4 Å². The van der Waals surface area contributed by atoms with Gasteiger partial charge in [0.2, 0.25) is 0 Å². The molecule has 0 fully saturated rings. The zero-order valence-corrected chi connectivity index (χ0v) is 13.5. The van der Waals surface area contributed by atoms with Crippen LogP contribution < -0.4 is 10.6 Å². The fraction of sp³-hybridized carbons (Fsp3) is 0.300. The van der Waals surface area contributed by atoms with Crippen LogP contribution in [0.3, 0.4) is 0 Å². The SMILES string of the molecule is CSc1c(N)nsc1N(C)Cc1csc(Br)c1. The van der Waals surface area contributed by atoms with Crippen molar-refractivity contribution in [2.45, 2.75) is 11.4 Å². The maximum Gasteiger partial charge on any atom is 0.153 e. The van der Waals surface area contributed by atoms with Crippen LogP contribution in [0.1, 0.15) is 5.56 Å². The van der Waals surface area contributed by atoms with Crippen LogP contribution in [-0.4, -0.2) is 17.7 Å². The molecular weight excluding hydrogens is 338 g/mol. The van der Waals surface area contributed by atoms with Gasteiger partial charge in [-0.3, -0.25) is 0 Å². The summed E-state index contributed by atoms with van der Waals surface area (Å²) in [5, 5.41) is 3.29. The van der Waals surface area contributed by atoms with E-state index in [9.17, 15) is 0 Å². The first-order valence-electron chi connectivity index (χ1n) is 4.85. The van der Waals surface area contributed by atoms with Gasteiger partial charge in [0.25, 0.3) is 0 Å². The number of anilines is 2. The number of rotatable bonds is 4. The Bertz CT molecular complexity index is 509. The fourth-order valence-corrected chi connectivity index (χ4v) is 4.37. The summed E-state index contributed by atoms with van der Waals surface area (Å²) in [6.07, 6.45) is 2.03. The zero-order chi connectivity index (χ0) is 12.4. The Morgan fingerprint density at radius 3 is 2.94 bits per heavy atom. The van der Waals surface area contributed by atoms with E-state index in [-0.39, 0.29) is 0 Å². The molecule has 0 radical (unpaired) electrons. The Balaban J connectivity index is 2.16. The second-order valence-electron chi connectivity index (χ2n) is 3.52. The van der Waals surface area contributed by atoms with Crippen LogP contribution in [0.2, 0.25) is 0 Å². The fourth-order valence-electron chi connectivity index (χ4n) is 1.49. The highest BCUT2D eigenvalue weighted by atomic mass is 79.9. The smallest absolute Gasteiger partial charge is 0.153 e. The molecule has 17 heavy (non-hydrogen) atoms. The lowest BCUT2D eigenvalue weighted by atomic mass is 10.3. The van der Waals surface area contributed by atoms with Crippen LogP contribution in [0.4, 0.5) is 10.8 Å². The average molecular weight is 350 g/mol. The van der Waals surface area contributed by atoms with Crippen LogP contribution in [0.25, 0.3) is 0 Å². The minimum atomic E-state index is 0.635. The van der Waals surface area contributed by atoms with E-state index in [1.165, 1.54) is 17.1 Å². The lowest BCUT2D eigenvalue weighted by Crippen LogP contribution is -2.15. The van der Waals surface area contributed by atoms with Gasteiger partial charge in [-0.05, 0) is 50.7 Å². The summed E-state index contributed by atoms with van der Waals surface area (Å²) in [5.41, 5.74) is 7.13. The molecule has 92 valence electrons. The van der Waals surface area contributed by atoms with Gasteiger partial charge in [0, 0.05) is 13.6 Å². The highest BCUT2D eigenvalue weighted by Crippen LogP contribution is 2.37. The number of aromatic nitrogens is 1. The summed E-state index contributed by atoms with van der Waals surface area (Å²) in [6.45, 7) is 0.872. The lowest BCUT2D eigenvalue weighted by Gasteiger charge is -2.17. The summed E-state index contributed by atoms with van der Waals surface area (Å²) in [7, 11) is 2.07. The summed E-state index contributed by atoms with van der Waals surface area (Å²) >= 11 is 8.29. The van der Waals surface area contributed by atoms with E-state index >= 15 is 0 Å². The Labute approximate surface area is 121 Å². The van der Waals surface area contributed by atoms with E-state index in [2.05, 4.69) is 43.7 Å². The average Bonchev–Trinajstić information content (AvgIpc) is 2.84. The van der Waals surface area contributed by atoms with Crippen molar-refractivity contribution in [1.82, 2.24) is 4.37 Å². The largest absolute Gasteiger partial charge is 0.382 e.